The molecule has 0 spiro atoms. The number of allylic oxidation sites excluding steroid dienone is 1. The highest BCUT2D eigenvalue weighted by Crippen LogP contribution is 2.06. The maximum absolute atomic E-state index is 11.4. The van der Waals surface area contributed by atoms with Gasteiger partial charge in [-0.2, -0.15) is 8.78 Å². The van der Waals surface area contributed by atoms with Crippen LogP contribution in [0.5, 0.6) is 0 Å². The lowest BCUT2D eigenvalue weighted by Gasteiger charge is -2.02. The first kappa shape index (κ1) is 10.7. The van der Waals surface area contributed by atoms with Crippen molar-refractivity contribution in [2.75, 3.05) is 0 Å². The Kier molecular flexibility index (Phi) is 5.23. The van der Waals surface area contributed by atoms with E-state index in [4.69, 9.17) is 4.55 Å². The van der Waals surface area contributed by atoms with Crippen molar-refractivity contribution in [1.29, 1.82) is 0 Å². The largest absolute Gasteiger partial charge is 0.306 e. The first-order valence-electron chi connectivity index (χ1n) is 3.15. The molecule has 2 atom stereocenters. The highest BCUT2D eigenvalue weighted by Gasteiger charge is 2.06. The third kappa shape index (κ3) is 6.12. The topological polar surface area (TPSA) is 37.3 Å². The highest BCUT2D eigenvalue weighted by molar-refractivity contribution is 7.79. The van der Waals surface area contributed by atoms with Crippen LogP contribution in [-0.4, -0.2) is 14.0 Å². The molecule has 2 nitrogen and oxygen atoms in total. The quantitative estimate of drug-likeness (QED) is 0.680. The normalized spacial score (nSPS) is 15.6. The van der Waals surface area contributed by atoms with E-state index in [1.165, 1.54) is 0 Å². The van der Waals surface area contributed by atoms with Crippen LogP contribution in [0.2, 0.25) is 0 Å². The Balaban J connectivity index is 3.55. The molecule has 0 aromatic carbocycles. The Bertz CT molecular complexity index is 166. The fourth-order valence-corrected chi connectivity index (χ4v) is 0.866. The molecule has 0 aromatic heterocycles. The van der Waals surface area contributed by atoms with E-state index < -0.39 is 22.4 Å². The summed E-state index contributed by atoms with van der Waals surface area (Å²) in [5.74, 6) is 0. The van der Waals surface area contributed by atoms with Crippen LogP contribution in [0.25, 0.3) is 0 Å². The van der Waals surface area contributed by atoms with Gasteiger partial charge in [0.15, 0.2) is 11.1 Å². The van der Waals surface area contributed by atoms with Crippen molar-refractivity contribution >= 4 is 11.1 Å². The minimum absolute atomic E-state index is 0.149. The van der Waals surface area contributed by atoms with Gasteiger partial charge in [0.1, 0.15) is 0 Å². The van der Waals surface area contributed by atoms with Gasteiger partial charge in [0.2, 0.25) is 0 Å². The smallest absolute Gasteiger partial charge is 0.266 e. The lowest BCUT2D eigenvalue weighted by Crippen LogP contribution is -2.08. The molecule has 0 aliphatic heterocycles. The molecule has 0 saturated carbocycles. The monoisotopic (exact) mass is 184 g/mol. The Morgan fingerprint density at radius 2 is 2.27 bits per heavy atom. The molecule has 0 radical (unpaired) electrons. The molecule has 0 aliphatic rings. The van der Waals surface area contributed by atoms with Crippen molar-refractivity contribution in [3.8, 4) is 0 Å². The zero-order chi connectivity index (χ0) is 8.85. The van der Waals surface area contributed by atoms with Gasteiger partial charge in [0.05, 0.1) is 5.25 Å². The van der Waals surface area contributed by atoms with E-state index in [1.54, 1.807) is 6.92 Å². The standard InChI is InChI=1S/C6H10F2O2S/c1-5(11(9)10)3-2-4-6(7)8/h4-5H,2-3H2,1H3,(H,9,10). The summed E-state index contributed by atoms with van der Waals surface area (Å²) < 4.78 is 41.5. The highest BCUT2D eigenvalue weighted by atomic mass is 32.2. The van der Waals surface area contributed by atoms with Gasteiger partial charge < -0.3 is 4.55 Å². The average Bonchev–Trinajstić information content (AvgIpc) is 1.86. The zero-order valence-electron chi connectivity index (χ0n) is 6.09. The molecule has 0 aromatic rings. The van der Waals surface area contributed by atoms with Gasteiger partial charge in [0, 0.05) is 0 Å². The molecular weight excluding hydrogens is 174 g/mol. The lowest BCUT2D eigenvalue weighted by atomic mass is 10.2. The molecule has 0 aliphatic carbocycles. The van der Waals surface area contributed by atoms with Crippen LogP contribution in [0.4, 0.5) is 8.78 Å². The molecule has 0 heterocycles. The van der Waals surface area contributed by atoms with Crippen LogP contribution in [-0.2, 0) is 11.1 Å². The second kappa shape index (κ2) is 5.37. The molecular formula is C6H10F2O2S. The van der Waals surface area contributed by atoms with Crippen molar-refractivity contribution in [1.82, 2.24) is 0 Å². The van der Waals surface area contributed by atoms with Crippen molar-refractivity contribution in [3.05, 3.63) is 12.2 Å². The fraction of sp³-hybridized carbons (Fsp3) is 0.667. The van der Waals surface area contributed by atoms with E-state index in [9.17, 15) is 13.0 Å². The van der Waals surface area contributed by atoms with Gasteiger partial charge in [-0.25, -0.2) is 4.21 Å². The first-order valence-corrected chi connectivity index (χ1v) is 4.32. The van der Waals surface area contributed by atoms with E-state index >= 15 is 0 Å². The Morgan fingerprint density at radius 3 is 2.64 bits per heavy atom. The second-order valence-electron chi connectivity index (χ2n) is 2.16. The van der Waals surface area contributed by atoms with Gasteiger partial charge in [-0.1, -0.05) is 0 Å². The van der Waals surface area contributed by atoms with Crippen molar-refractivity contribution in [2.45, 2.75) is 25.0 Å². The summed E-state index contributed by atoms with van der Waals surface area (Å²) in [4.78, 5) is 0. The molecule has 66 valence electrons. The van der Waals surface area contributed by atoms with Crippen LogP contribution in [0.1, 0.15) is 19.8 Å². The first-order chi connectivity index (χ1) is 5.04. The predicted octanol–water partition coefficient (Wildman–Crippen LogP) is 2.16. The van der Waals surface area contributed by atoms with E-state index in [0.717, 1.165) is 6.08 Å². The Morgan fingerprint density at radius 1 is 1.73 bits per heavy atom. The predicted molar refractivity (Wildman–Crippen MR) is 39.8 cm³/mol. The second-order valence-corrected chi connectivity index (χ2v) is 3.51. The van der Waals surface area contributed by atoms with Gasteiger partial charge in [-0.3, -0.25) is 0 Å². The third-order valence-corrected chi connectivity index (χ3v) is 2.14. The summed E-state index contributed by atoms with van der Waals surface area (Å²) in [7, 11) is 0. The van der Waals surface area contributed by atoms with Crippen molar-refractivity contribution < 1.29 is 17.5 Å². The SMILES string of the molecule is CC(CCC=C(F)F)S(=O)O. The lowest BCUT2D eigenvalue weighted by molar-refractivity contribution is 0.416. The van der Waals surface area contributed by atoms with Crippen LogP contribution in [0.3, 0.4) is 0 Å². The maximum Gasteiger partial charge on any atom is 0.266 e. The molecule has 2 unspecified atom stereocenters. The summed E-state index contributed by atoms with van der Waals surface area (Å²) in [6, 6.07) is 0. The number of rotatable bonds is 4. The molecule has 5 heteroatoms. The maximum atomic E-state index is 11.4. The van der Waals surface area contributed by atoms with Crippen molar-refractivity contribution in [2.24, 2.45) is 0 Å². The summed E-state index contributed by atoms with van der Waals surface area (Å²) in [5, 5.41) is -0.439. The molecule has 0 rings (SSSR count). The summed E-state index contributed by atoms with van der Waals surface area (Å²) in [5.41, 5.74) is 0. The fourth-order valence-electron chi connectivity index (χ4n) is 0.528. The van der Waals surface area contributed by atoms with Gasteiger partial charge in [-0.15, -0.1) is 0 Å². The minimum Gasteiger partial charge on any atom is -0.306 e. The summed E-state index contributed by atoms with van der Waals surface area (Å²) in [6.07, 6.45) is -0.527. The molecule has 0 amide bonds. The van der Waals surface area contributed by atoms with Crippen LogP contribution >= 0.6 is 0 Å². The minimum atomic E-state index is -1.90. The summed E-state index contributed by atoms with van der Waals surface area (Å²) >= 11 is -1.90. The Hall–Kier alpha value is -0.290. The molecule has 1 N–H and O–H groups in total. The van der Waals surface area contributed by atoms with Crippen LogP contribution in [0, 0.1) is 0 Å². The van der Waals surface area contributed by atoms with Gasteiger partial charge in [-0.05, 0) is 25.8 Å². The van der Waals surface area contributed by atoms with Crippen LogP contribution < -0.4 is 0 Å². The van der Waals surface area contributed by atoms with E-state index in [2.05, 4.69) is 0 Å². The van der Waals surface area contributed by atoms with E-state index in [0.29, 0.717) is 6.42 Å². The molecule has 11 heavy (non-hydrogen) atoms. The summed E-state index contributed by atoms with van der Waals surface area (Å²) in [6.45, 7) is 1.54. The van der Waals surface area contributed by atoms with Gasteiger partial charge in [0.25, 0.3) is 6.08 Å². The number of halogens is 2. The number of hydrogen-bond acceptors (Lipinski definition) is 1. The van der Waals surface area contributed by atoms with E-state index in [1.807, 2.05) is 0 Å². The zero-order valence-corrected chi connectivity index (χ0v) is 6.91. The average molecular weight is 184 g/mol. The van der Waals surface area contributed by atoms with E-state index in [-0.39, 0.29) is 6.42 Å². The molecule has 0 fully saturated rings. The molecule has 0 bridgehead atoms. The van der Waals surface area contributed by atoms with Gasteiger partial charge >= 0.3 is 0 Å². The van der Waals surface area contributed by atoms with Crippen LogP contribution in [0.15, 0.2) is 12.2 Å². The molecule has 0 saturated heterocycles. The number of hydrogen-bond donors (Lipinski definition) is 1. The Labute approximate surface area is 66.6 Å². The van der Waals surface area contributed by atoms with Crippen molar-refractivity contribution in [3.63, 3.8) is 0 Å². The third-order valence-electron chi connectivity index (χ3n) is 1.22.